The summed E-state index contributed by atoms with van der Waals surface area (Å²) in [7, 11) is 0. The Morgan fingerprint density at radius 3 is 2.63 bits per heavy atom. The smallest absolute Gasteiger partial charge is 0.169 e. The molecule has 2 aromatic rings. The fourth-order valence-electron chi connectivity index (χ4n) is 1.79. The third kappa shape index (κ3) is 3.51. The van der Waals surface area contributed by atoms with Gasteiger partial charge in [0.25, 0.3) is 0 Å². The number of ketones is 1. The van der Waals surface area contributed by atoms with E-state index in [0.29, 0.717) is 6.42 Å². The number of aromatic nitrogens is 1. The van der Waals surface area contributed by atoms with Crippen molar-refractivity contribution in [1.29, 1.82) is 0 Å². The number of carbonyl (C=O) groups excluding carboxylic acids is 1. The number of Topliss-reactive ketones (excluding diaryl/α,β-unsaturated/α-hetero) is 1. The van der Waals surface area contributed by atoms with Crippen molar-refractivity contribution in [3.05, 3.63) is 51.5 Å². The van der Waals surface area contributed by atoms with Crippen molar-refractivity contribution in [1.82, 2.24) is 4.98 Å². The fourth-order valence-corrected chi connectivity index (χ4v) is 2.81. The zero-order valence-electron chi connectivity index (χ0n) is 11.9. The molecule has 0 unspecified atom stereocenters. The van der Waals surface area contributed by atoms with Crippen molar-refractivity contribution >= 4 is 17.1 Å². The number of aryl methyl sites for hydroxylation is 1. The number of hydrogen-bond donors (Lipinski definition) is 0. The maximum absolute atomic E-state index is 12.2. The van der Waals surface area contributed by atoms with Crippen LogP contribution in [0.15, 0.2) is 29.6 Å². The summed E-state index contributed by atoms with van der Waals surface area (Å²) < 4.78 is 0. The Bertz CT molecular complexity index is 593. The quantitative estimate of drug-likeness (QED) is 0.785. The van der Waals surface area contributed by atoms with E-state index in [1.165, 1.54) is 0 Å². The highest BCUT2D eigenvalue weighted by Crippen LogP contribution is 2.24. The van der Waals surface area contributed by atoms with Gasteiger partial charge >= 0.3 is 0 Å². The molecule has 2 rings (SSSR count). The molecule has 1 aromatic carbocycles. The molecule has 19 heavy (non-hydrogen) atoms. The van der Waals surface area contributed by atoms with E-state index in [1.54, 1.807) is 11.3 Å². The van der Waals surface area contributed by atoms with E-state index >= 15 is 0 Å². The lowest BCUT2D eigenvalue weighted by molar-refractivity contribution is 0.0992. The van der Waals surface area contributed by atoms with Crippen LogP contribution in [-0.4, -0.2) is 10.8 Å². The Hall–Kier alpha value is -1.48. The van der Waals surface area contributed by atoms with Gasteiger partial charge in [0.05, 0.1) is 12.1 Å². The molecule has 3 heteroatoms. The highest BCUT2D eigenvalue weighted by Gasteiger charge is 2.18. The minimum Gasteiger partial charge on any atom is -0.294 e. The molecular weight excluding hydrogens is 254 g/mol. The van der Waals surface area contributed by atoms with Crippen molar-refractivity contribution < 1.29 is 4.79 Å². The lowest BCUT2D eigenvalue weighted by Crippen LogP contribution is -2.12. The van der Waals surface area contributed by atoms with Gasteiger partial charge in [0.1, 0.15) is 5.01 Å². The largest absolute Gasteiger partial charge is 0.294 e. The first-order valence-corrected chi connectivity index (χ1v) is 7.29. The topological polar surface area (TPSA) is 30.0 Å². The Balaban J connectivity index is 2.13. The molecule has 0 N–H and O–H groups in total. The van der Waals surface area contributed by atoms with Crippen LogP contribution < -0.4 is 0 Å². The first-order valence-electron chi connectivity index (χ1n) is 6.41. The average Bonchev–Trinajstić information content (AvgIpc) is 2.77. The molecule has 1 aromatic heterocycles. The van der Waals surface area contributed by atoms with E-state index in [4.69, 9.17) is 0 Å². The molecule has 0 aliphatic carbocycles. The summed E-state index contributed by atoms with van der Waals surface area (Å²) in [6.07, 6.45) is 0.393. The fraction of sp³-hybridized carbons (Fsp3) is 0.375. The Labute approximate surface area is 118 Å². The van der Waals surface area contributed by atoms with Crippen molar-refractivity contribution in [3.63, 3.8) is 0 Å². The van der Waals surface area contributed by atoms with Gasteiger partial charge in [-0.15, -0.1) is 11.3 Å². The summed E-state index contributed by atoms with van der Waals surface area (Å²) in [6, 6.07) is 7.72. The standard InChI is InChI=1S/C16H19NOS/c1-11-6-5-7-12(8-11)13(18)9-15-17-14(10-19-15)16(2,3)4/h5-8,10H,9H2,1-4H3. The number of thiazole rings is 1. The molecule has 0 spiro atoms. The second-order valence-electron chi connectivity index (χ2n) is 5.85. The first-order chi connectivity index (χ1) is 8.86. The maximum Gasteiger partial charge on any atom is 0.169 e. The number of nitrogens with zero attached hydrogens (tertiary/aromatic N) is 1. The minimum atomic E-state index is 0.0428. The van der Waals surface area contributed by atoms with Gasteiger partial charge in [-0.3, -0.25) is 4.79 Å². The van der Waals surface area contributed by atoms with Gasteiger partial charge in [0.15, 0.2) is 5.78 Å². The van der Waals surface area contributed by atoms with Crippen LogP contribution in [0.3, 0.4) is 0 Å². The van der Waals surface area contributed by atoms with Crippen molar-refractivity contribution in [2.24, 2.45) is 0 Å². The number of rotatable bonds is 3. The van der Waals surface area contributed by atoms with Crippen molar-refractivity contribution in [3.8, 4) is 0 Å². The summed E-state index contributed by atoms with van der Waals surface area (Å²) in [5.74, 6) is 0.138. The molecule has 100 valence electrons. The van der Waals surface area contributed by atoms with Gasteiger partial charge in [0, 0.05) is 16.4 Å². The second kappa shape index (κ2) is 5.25. The monoisotopic (exact) mass is 273 g/mol. The Morgan fingerprint density at radius 2 is 2.05 bits per heavy atom. The second-order valence-corrected chi connectivity index (χ2v) is 6.79. The van der Waals surface area contributed by atoms with Crippen LogP contribution in [0.4, 0.5) is 0 Å². The summed E-state index contributed by atoms with van der Waals surface area (Å²) in [6.45, 7) is 8.40. The SMILES string of the molecule is Cc1cccc(C(=O)Cc2nc(C(C)(C)C)cs2)c1. The third-order valence-corrected chi connectivity index (χ3v) is 3.82. The summed E-state index contributed by atoms with van der Waals surface area (Å²) in [4.78, 5) is 16.8. The molecule has 0 fully saturated rings. The predicted molar refractivity (Wildman–Crippen MR) is 80.0 cm³/mol. The number of benzene rings is 1. The molecule has 0 aliphatic heterocycles. The van der Waals surface area contributed by atoms with E-state index in [1.807, 2.05) is 31.2 Å². The zero-order valence-corrected chi connectivity index (χ0v) is 12.7. The first kappa shape index (κ1) is 13.9. The molecule has 1 heterocycles. The van der Waals surface area contributed by atoms with Crippen LogP contribution in [0, 0.1) is 6.92 Å². The van der Waals surface area contributed by atoms with Crippen LogP contribution in [0.2, 0.25) is 0 Å². The summed E-state index contributed by atoms with van der Waals surface area (Å²) >= 11 is 1.57. The van der Waals surface area contributed by atoms with Crippen LogP contribution in [-0.2, 0) is 11.8 Å². The molecular formula is C16H19NOS. The molecule has 0 radical (unpaired) electrons. The van der Waals surface area contributed by atoms with Crippen LogP contribution in [0.1, 0.15) is 47.4 Å². The molecule has 0 bridgehead atoms. The van der Waals surface area contributed by atoms with Gasteiger partial charge in [-0.2, -0.15) is 0 Å². The minimum absolute atomic E-state index is 0.0428. The molecule has 0 amide bonds. The molecule has 0 atom stereocenters. The molecule has 0 saturated carbocycles. The van der Waals surface area contributed by atoms with Gasteiger partial charge in [0.2, 0.25) is 0 Å². The van der Waals surface area contributed by atoms with E-state index in [0.717, 1.165) is 21.8 Å². The van der Waals surface area contributed by atoms with Crippen LogP contribution >= 0.6 is 11.3 Å². The maximum atomic E-state index is 12.2. The summed E-state index contributed by atoms with van der Waals surface area (Å²) in [5.41, 5.74) is 2.98. The van der Waals surface area contributed by atoms with E-state index < -0.39 is 0 Å². The lowest BCUT2D eigenvalue weighted by atomic mass is 9.93. The highest BCUT2D eigenvalue weighted by molar-refractivity contribution is 7.09. The van der Waals surface area contributed by atoms with Gasteiger partial charge in [-0.25, -0.2) is 4.98 Å². The molecule has 0 aliphatic rings. The lowest BCUT2D eigenvalue weighted by Gasteiger charge is -2.14. The highest BCUT2D eigenvalue weighted by atomic mass is 32.1. The predicted octanol–water partition coefficient (Wildman–Crippen LogP) is 4.17. The van der Waals surface area contributed by atoms with Crippen molar-refractivity contribution in [2.45, 2.75) is 39.5 Å². The zero-order chi connectivity index (χ0) is 14.0. The van der Waals surface area contributed by atoms with E-state index in [2.05, 4.69) is 31.1 Å². The normalized spacial score (nSPS) is 11.6. The van der Waals surface area contributed by atoms with Gasteiger partial charge in [-0.05, 0) is 13.0 Å². The van der Waals surface area contributed by atoms with Gasteiger partial charge < -0.3 is 0 Å². The summed E-state index contributed by atoms with van der Waals surface area (Å²) in [5, 5.41) is 2.95. The van der Waals surface area contributed by atoms with E-state index in [-0.39, 0.29) is 11.2 Å². The average molecular weight is 273 g/mol. The Morgan fingerprint density at radius 1 is 1.32 bits per heavy atom. The van der Waals surface area contributed by atoms with Gasteiger partial charge in [-0.1, -0.05) is 44.5 Å². The van der Waals surface area contributed by atoms with Crippen LogP contribution in [0.5, 0.6) is 0 Å². The molecule has 2 nitrogen and oxygen atoms in total. The van der Waals surface area contributed by atoms with Crippen molar-refractivity contribution in [2.75, 3.05) is 0 Å². The third-order valence-electron chi connectivity index (χ3n) is 2.97. The van der Waals surface area contributed by atoms with E-state index in [9.17, 15) is 4.79 Å². The van der Waals surface area contributed by atoms with Crippen LogP contribution in [0.25, 0.3) is 0 Å². The number of carbonyl (C=O) groups is 1. The number of hydrogen-bond acceptors (Lipinski definition) is 3. The Kier molecular flexibility index (Phi) is 3.85. The molecule has 0 saturated heterocycles.